The molecule has 60 heavy (non-hydrogen) atoms. The lowest BCUT2D eigenvalue weighted by Crippen LogP contribution is -1.93. The Morgan fingerprint density at radius 2 is 0.617 bits per heavy atom. The molecule has 0 aliphatic rings. The molecule has 0 aromatic heterocycles. The monoisotopic (exact) mass is 785 g/mol. The Bertz CT molecular complexity index is 2630. The summed E-state index contributed by atoms with van der Waals surface area (Å²) < 4.78 is 0. The molecule has 0 bridgehead atoms. The molecule has 0 aliphatic heterocycles. The molecule has 0 amide bonds. The van der Waals surface area contributed by atoms with Gasteiger partial charge < -0.3 is 0 Å². The highest BCUT2D eigenvalue weighted by Gasteiger charge is 2.14. The maximum absolute atomic E-state index is 5.25. The Morgan fingerprint density at radius 1 is 0.333 bits per heavy atom. The van der Waals surface area contributed by atoms with Gasteiger partial charge in [-0.1, -0.05) is 182 Å². The Labute approximate surface area is 359 Å². The van der Waals surface area contributed by atoms with Crippen LogP contribution in [0.3, 0.4) is 0 Å². The number of hydrogen-bond acceptors (Lipinski definition) is 2. The summed E-state index contributed by atoms with van der Waals surface area (Å²) in [4.78, 5) is 5.25. The van der Waals surface area contributed by atoms with Crippen LogP contribution in [0, 0.1) is 0 Å². The number of nitrogens with zero attached hydrogens (tertiary/aromatic N) is 1. The molecule has 1 nitrogen and oxygen atoms in total. The molecule has 0 saturated heterocycles. The van der Waals surface area contributed by atoms with Gasteiger partial charge >= 0.3 is 0 Å². The molecule has 0 radical (unpaired) electrons. The van der Waals surface area contributed by atoms with E-state index in [-0.39, 0.29) is 5.25 Å². The summed E-state index contributed by atoms with van der Waals surface area (Å²) in [5, 5.41) is -0.130. The Morgan fingerprint density at radius 3 is 0.967 bits per heavy atom. The lowest BCUT2D eigenvalue weighted by Gasteiger charge is -2.15. The predicted octanol–water partition coefficient (Wildman–Crippen LogP) is 15.8. The molecule has 0 heterocycles. The molecule has 286 valence electrons. The first-order valence-electron chi connectivity index (χ1n) is 20.3. The summed E-state index contributed by atoms with van der Waals surface area (Å²) in [7, 11) is 0. The third kappa shape index (κ3) is 9.06. The minimum absolute atomic E-state index is 0.130. The Balaban J connectivity index is 1.25. The molecule has 1 unspecified atom stereocenters. The second kappa shape index (κ2) is 18.1. The third-order valence-corrected chi connectivity index (χ3v) is 11.2. The van der Waals surface area contributed by atoms with E-state index in [0.717, 1.165) is 44.6 Å². The predicted molar refractivity (Wildman–Crippen MR) is 259 cm³/mol. The van der Waals surface area contributed by atoms with E-state index >= 15 is 0 Å². The zero-order valence-corrected chi connectivity index (χ0v) is 34.0. The largest absolute Gasteiger partial charge is 0.256 e. The minimum Gasteiger partial charge on any atom is -0.256 e. The maximum atomic E-state index is 5.25. The number of rotatable bonds is 11. The molecule has 0 N–H and O–H groups in total. The molecular weight excluding hydrogens is 743 g/mol. The number of thiol groups is 1. The summed E-state index contributed by atoms with van der Waals surface area (Å²) in [5.74, 6) is 0. The van der Waals surface area contributed by atoms with E-state index in [1.54, 1.807) is 0 Å². The fourth-order valence-electron chi connectivity index (χ4n) is 7.70. The van der Waals surface area contributed by atoms with Crippen molar-refractivity contribution in [3.05, 3.63) is 259 Å². The van der Waals surface area contributed by atoms with Crippen molar-refractivity contribution in [3.63, 3.8) is 0 Å². The van der Waals surface area contributed by atoms with Crippen LogP contribution in [0.1, 0.15) is 21.9 Å². The first-order valence-corrected chi connectivity index (χ1v) is 20.9. The second-order valence-corrected chi connectivity index (χ2v) is 15.5. The fraction of sp³-hybridized carbons (Fsp3) is 0.0172. The standard InChI is InChI=1S/C58H43NS/c60-58(48-29-17-6-18-30-48)40-57(47-27-15-5-16-28-47)59-41-42-31-49(55-36-51(43-19-7-1-8-20-43)34-52(37-55)44-21-9-2-10-22-44)33-50(32-42)56-38-53(45-23-11-3-12-24-45)35-54(39-56)46-25-13-4-14-26-46/h1-41,58,60H/b57-40-,59-41?. The molecule has 9 aromatic carbocycles. The van der Waals surface area contributed by atoms with Crippen molar-refractivity contribution in [1.82, 2.24) is 0 Å². The van der Waals surface area contributed by atoms with Crippen molar-refractivity contribution in [3.8, 4) is 66.8 Å². The van der Waals surface area contributed by atoms with E-state index in [1.165, 1.54) is 44.5 Å². The van der Waals surface area contributed by atoms with Crippen LogP contribution >= 0.6 is 12.6 Å². The van der Waals surface area contributed by atoms with E-state index in [0.29, 0.717) is 0 Å². The Kier molecular flexibility index (Phi) is 11.6. The van der Waals surface area contributed by atoms with Crippen molar-refractivity contribution in [2.45, 2.75) is 5.25 Å². The molecule has 1 atom stereocenters. The van der Waals surface area contributed by atoms with Gasteiger partial charge in [-0.15, -0.1) is 0 Å². The van der Waals surface area contributed by atoms with Crippen LogP contribution in [0.4, 0.5) is 0 Å². The topological polar surface area (TPSA) is 12.4 Å². The smallest absolute Gasteiger partial charge is 0.0676 e. The van der Waals surface area contributed by atoms with Gasteiger partial charge in [0.25, 0.3) is 0 Å². The van der Waals surface area contributed by atoms with Crippen molar-refractivity contribution in [2.75, 3.05) is 0 Å². The van der Waals surface area contributed by atoms with Gasteiger partial charge in [0.15, 0.2) is 0 Å². The molecule has 0 aliphatic carbocycles. The van der Waals surface area contributed by atoms with Gasteiger partial charge in [-0.2, -0.15) is 12.6 Å². The van der Waals surface area contributed by atoms with Crippen LogP contribution in [0.25, 0.3) is 72.5 Å². The third-order valence-electron chi connectivity index (χ3n) is 10.8. The second-order valence-electron chi connectivity index (χ2n) is 14.9. The molecule has 9 aromatic rings. The Hall–Kier alpha value is -7.26. The van der Waals surface area contributed by atoms with Gasteiger partial charge in [0.05, 0.1) is 5.70 Å². The van der Waals surface area contributed by atoms with E-state index in [9.17, 15) is 0 Å². The van der Waals surface area contributed by atoms with Gasteiger partial charge in [0.2, 0.25) is 0 Å². The number of benzene rings is 9. The van der Waals surface area contributed by atoms with Crippen LogP contribution in [-0.4, -0.2) is 6.21 Å². The lowest BCUT2D eigenvalue weighted by molar-refractivity contribution is 1.23. The highest BCUT2D eigenvalue weighted by Crippen LogP contribution is 2.38. The maximum Gasteiger partial charge on any atom is 0.0676 e. The molecular formula is C58H43NS. The highest BCUT2D eigenvalue weighted by atomic mass is 32.1. The van der Waals surface area contributed by atoms with E-state index in [1.807, 2.05) is 18.3 Å². The van der Waals surface area contributed by atoms with Gasteiger partial charge in [-0.25, -0.2) is 0 Å². The number of hydrogen-bond donors (Lipinski definition) is 1. The molecule has 0 spiro atoms. The van der Waals surface area contributed by atoms with Crippen molar-refractivity contribution in [1.29, 1.82) is 0 Å². The van der Waals surface area contributed by atoms with Gasteiger partial charge in [-0.3, -0.25) is 4.99 Å². The van der Waals surface area contributed by atoms with Crippen LogP contribution in [0.15, 0.2) is 248 Å². The minimum atomic E-state index is -0.130. The highest BCUT2D eigenvalue weighted by molar-refractivity contribution is 7.80. The average Bonchev–Trinajstić information content (AvgIpc) is 3.34. The van der Waals surface area contributed by atoms with Crippen LogP contribution < -0.4 is 0 Å². The quantitative estimate of drug-likeness (QED) is 0.0990. The summed E-state index contributed by atoms with van der Waals surface area (Å²) in [6.07, 6.45) is 4.15. The van der Waals surface area contributed by atoms with Crippen LogP contribution in [-0.2, 0) is 0 Å². The van der Waals surface area contributed by atoms with Crippen LogP contribution in [0.2, 0.25) is 0 Å². The van der Waals surface area contributed by atoms with Gasteiger partial charge in [0, 0.05) is 11.5 Å². The zero-order valence-electron chi connectivity index (χ0n) is 33.1. The average molecular weight is 786 g/mol. The SMILES string of the molecule is SC(/C=C(\N=Cc1cc(-c2cc(-c3ccccc3)cc(-c3ccccc3)c2)cc(-c2cc(-c3ccccc3)cc(-c3ccccc3)c2)c1)c1ccccc1)c1ccccc1. The van der Waals surface area contributed by atoms with E-state index in [2.05, 4.69) is 231 Å². The summed E-state index contributed by atoms with van der Waals surface area (Å²) >= 11 is 5.03. The van der Waals surface area contributed by atoms with Crippen molar-refractivity contribution >= 4 is 24.5 Å². The zero-order chi connectivity index (χ0) is 40.5. The fourth-order valence-corrected chi connectivity index (χ4v) is 8.01. The van der Waals surface area contributed by atoms with E-state index in [4.69, 9.17) is 17.6 Å². The van der Waals surface area contributed by atoms with Crippen molar-refractivity contribution < 1.29 is 0 Å². The molecule has 9 rings (SSSR count). The summed E-state index contributed by atoms with van der Waals surface area (Å²) in [5.41, 5.74) is 17.9. The number of aliphatic imine (C=N–C) groups is 1. The summed E-state index contributed by atoms with van der Waals surface area (Å²) in [6.45, 7) is 0. The first-order chi connectivity index (χ1) is 29.6. The van der Waals surface area contributed by atoms with Gasteiger partial charge in [0.1, 0.15) is 0 Å². The van der Waals surface area contributed by atoms with Crippen LogP contribution in [0.5, 0.6) is 0 Å². The molecule has 0 saturated carbocycles. The normalized spacial score (nSPS) is 12.1. The van der Waals surface area contributed by atoms with Gasteiger partial charge in [-0.05, 0) is 144 Å². The summed E-state index contributed by atoms with van der Waals surface area (Å²) in [6, 6.07) is 84.1. The molecule has 0 fully saturated rings. The van der Waals surface area contributed by atoms with Crippen molar-refractivity contribution in [2.24, 2.45) is 4.99 Å². The lowest BCUT2D eigenvalue weighted by atomic mass is 9.89. The molecule has 2 heteroatoms. The van der Waals surface area contributed by atoms with E-state index < -0.39 is 0 Å². The first kappa shape index (κ1) is 38.3.